The van der Waals surface area contributed by atoms with Crippen molar-refractivity contribution in [2.75, 3.05) is 13.2 Å². The lowest BCUT2D eigenvalue weighted by molar-refractivity contribution is 0.0533. The Morgan fingerprint density at radius 2 is 2.44 bits per heavy atom. The van der Waals surface area contributed by atoms with Crippen LogP contribution in [0.4, 0.5) is 0 Å². The molecule has 1 fully saturated rings. The predicted octanol–water partition coefficient (Wildman–Crippen LogP) is 1.51. The Labute approximate surface area is 107 Å². The van der Waals surface area contributed by atoms with Crippen LogP contribution in [0, 0.1) is 18.8 Å². The first-order valence-corrected chi connectivity index (χ1v) is 6.49. The van der Waals surface area contributed by atoms with E-state index in [9.17, 15) is 4.79 Å². The van der Waals surface area contributed by atoms with Crippen LogP contribution in [0.25, 0.3) is 0 Å². The van der Waals surface area contributed by atoms with Crippen LogP contribution in [0.15, 0.2) is 6.07 Å². The minimum absolute atomic E-state index is 0.117. The summed E-state index contributed by atoms with van der Waals surface area (Å²) in [4.78, 5) is 11.9. The van der Waals surface area contributed by atoms with Gasteiger partial charge in [-0.15, -0.1) is 0 Å². The number of hydrogen-bond donors (Lipinski definition) is 2. The van der Waals surface area contributed by atoms with Crippen molar-refractivity contribution in [1.82, 2.24) is 15.5 Å². The van der Waals surface area contributed by atoms with Gasteiger partial charge < -0.3 is 10.1 Å². The molecule has 1 aromatic rings. The predicted molar refractivity (Wildman–Crippen MR) is 68.3 cm³/mol. The minimum Gasteiger partial charge on any atom is -0.378 e. The van der Waals surface area contributed by atoms with E-state index in [2.05, 4.69) is 29.4 Å². The van der Waals surface area contributed by atoms with E-state index in [0.29, 0.717) is 24.1 Å². The Morgan fingerprint density at radius 3 is 3.06 bits per heavy atom. The third-order valence-corrected chi connectivity index (χ3v) is 3.38. The molecule has 1 aliphatic rings. The van der Waals surface area contributed by atoms with Crippen LogP contribution in [0.3, 0.4) is 0 Å². The molecule has 1 saturated heterocycles. The molecule has 2 atom stereocenters. The van der Waals surface area contributed by atoms with Gasteiger partial charge in [0.1, 0.15) is 5.69 Å². The maximum absolute atomic E-state index is 11.9. The van der Waals surface area contributed by atoms with Gasteiger partial charge in [-0.05, 0) is 25.3 Å². The Kier molecular flexibility index (Phi) is 4.01. The Morgan fingerprint density at radius 1 is 1.67 bits per heavy atom. The van der Waals surface area contributed by atoms with Crippen molar-refractivity contribution in [3.05, 3.63) is 17.5 Å². The van der Waals surface area contributed by atoms with Gasteiger partial charge in [0.05, 0.1) is 6.10 Å². The zero-order chi connectivity index (χ0) is 13.1. The molecule has 5 nitrogen and oxygen atoms in total. The van der Waals surface area contributed by atoms with Crippen molar-refractivity contribution in [1.29, 1.82) is 0 Å². The Hall–Kier alpha value is -1.36. The molecule has 100 valence electrons. The zero-order valence-corrected chi connectivity index (χ0v) is 11.2. The molecule has 0 aromatic carbocycles. The number of ether oxygens (including phenoxy) is 1. The minimum atomic E-state index is -0.117. The molecule has 2 rings (SSSR count). The number of nitrogens with one attached hydrogen (secondary N) is 2. The summed E-state index contributed by atoms with van der Waals surface area (Å²) in [6, 6.07) is 1.75. The highest BCUT2D eigenvalue weighted by atomic mass is 16.5. The highest BCUT2D eigenvalue weighted by Gasteiger charge is 2.30. The smallest absolute Gasteiger partial charge is 0.271 e. The molecular weight excluding hydrogens is 230 g/mol. The van der Waals surface area contributed by atoms with E-state index in [1.807, 2.05) is 6.92 Å². The van der Waals surface area contributed by atoms with Crippen LogP contribution in [-0.4, -0.2) is 35.4 Å². The zero-order valence-electron chi connectivity index (χ0n) is 11.2. The summed E-state index contributed by atoms with van der Waals surface area (Å²) in [7, 11) is 0. The first-order valence-electron chi connectivity index (χ1n) is 6.49. The van der Waals surface area contributed by atoms with Crippen LogP contribution < -0.4 is 5.32 Å². The van der Waals surface area contributed by atoms with Gasteiger partial charge in [-0.1, -0.05) is 13.8 Å². The first-order chi connectivity index (χ1) is 8.58. The fourth-order valence-corrected chi connectivity index (χ4v) is 2.46. The van der Waals surface area contributed by atoms with Crippen molar-refractivity contribution < 1.29 is 9.53 Å². The van der Waals surface area contributed by atoms with Crippen molar-refractivity contribution in [2.45, 2.75) is 33.3 Å². The molecule has 0 unspecified atom stereocenters. The van der Waals surface area contributed by atoms with Crippen LogP contribution in [-0.2, 0) is 4.74 Å². The molecule has 18 heavy (non-hydrogen) atoms. The number of hydrogen-bond acceptors (Lipinski definition) is 3. The van der Waals surface area contributed by atoms with Gasteiger partial charge in [-0.25, -0.2) is 0 Å². The Bertz CT molecular complexity index is 414. The highest BCUT2D eigenvalue weighted by molar-refractivity contribution is 5.92. The molecule has 2 heterocycles. The van der Waals surface area contributed by atoms with Gasteiger partial charge in [0.15, 0.2) is 0 Å². The van der Waals surface area contributed by atoms with E-state index < -0.39 is 0 Å². The second kappa shape index (κ2) is 5.52. The van der Waals surface area contributed by atoms with Gasteiger partial charge >= 0.3 is 0 Å². The third-order valence-electron chi connectivity index (χ3n) is 3.38. The maximum Gasteiger partial charge on any atom is 0.271 e. The van der Waals surface area contributed by atoms with Crippen molar-refractivity contribution in [2.24, 2.45) is 11.8 Å². The summed E-state index contributed by atoms with van der Waals surface area (Å²) < 4.78 is 5.70. The van der Waals surface area contributed by atoms with E-state index in [1.165, 1.54) is 0 Å². The number of aryl methyl sites for hydroxylation is 1. The van der Waals surface area contributed by atoms with E-state index in [0.717, 1.165) is 18.7 Å². The topological polar surface area (TPSA) is 67.0 Å². The molecule has 1 aliphatic heterocycles. The fourth-order valence-electron chi connectivity index (χ4n) is 2.46. The molecule has 2 N–H and O–H groups in total. The summed E-state index contributed by atoms with van der Waals surface area (Å²) in [5.74, 6) is 0.782. The number of carbonyl (C=O) groups is 1. The molecule has 1 amide bonds. The number of H-pyrrole nitrogens is 1. The first kappa shape index (κ1) is 13.1. The number of amides is 1. The standard InChI is InChI=1S/C13H21N3O2/c1-8(2)12-10(4-5-18-12)7-14-13(17)11-6-9(3)15-16-11/h6,8,10,12H,4-5,7H2,1-3H3,(H,14,17)(H,15,16)/t10-,12-/m1/s1. The molecule has 0 aliphatic carbocycles. The molecule has 0 bridgehead atoms. The van der Waals surface area contributed by atoms with Crippen molar-refractivity contribution in [3.63, 3.8) is 0 Å². The van der Waals surface area contributed by atoms with E-state index in [1.54, 1.807) is 6.07 Å². The average molecular weight is 251 g/mol. The second-order valence-corrected chi connectivity index (χ2v) is 5.27. The van der Waals surface area contributed by atoms with Gasteiger partial charge in [0.2, 0.25) is 0 Å². The second-order valence-electron chi connectivity index (χ2n) is 5.27. The van der Waals surface area contributed by atoms with Gasteiger partial charge in [0, 0.05) is 24.8 Å². The van der Waals surface area contributed by atoms with Crippen LogP contribution in [0.2, 0.25) is 0 Å². The summed E-state index contributed by atoms with van der Waals surface area (Å²) in [6.07, 6.45) is 1.27. The highest BCUT2D eigenvalue weighted by Crippen LogP contribution is 2.26. The quantitative estimate of drug-likeness (QED) is 0.852. The molecule has 5 heteroatoms. The summed E-state index contributed by atoms with van der Waals surface area (Å²) in [5, 5.41) is 9.65. The molecule has 0 radical (unpaired) electrons. The number of carbonyl (C=O) groups excluding carboxylic acids is 1. The monoisotopic (exact) mass is 251 g/mol. The van der Waals surface area contributed by atoms with E-state index in [4.69, 9.17) is 4.74 Å². The summed E-state index contributed by atoms with van der Waals surface area (Å²) >= 11 is 0. The van der Waals surface area contributed by atoms with E-state index >= 15 is 0 Å². The lowest BCUT2D eigenvalue weighted by Gasteiger charge is -2.21. The lowest BCUT2D eigenvalue weighted by Crippen LogP contribution is -2.35. The largest absolute Gasteiger partial charge is 0.378 e. The molecular formula is C13H21N3O2. The number of aromatic amines is 1. The van der Waals surface area contributed by atoms with Crippen molar-refractivity contribution >= 4 is 5.91 Å². The van der Waals surface area contributed by atoms with Crippen LogP contribution in [0.5, 0.6) is 0 Å². The number of nitrogens with zero attached hydrogens (tertiary/aromatic N) is 1. The van der Waals surface area contributed by atoms with Crippen molar-refractivity contribution in [3.8, 4) is 0 Å². The fraction of sp³-hybridized carbons (Fsp3) is 0.692. The molecule has 1 aromatic heterocycles. The SMILES string of the molecule is Cc1cc(C(=O)NC[C@H]2CCO[C@@H]2C(C)C)n[nH]1. The van der Waals surface area contributed by atoms with Gasteiger partial charge in [-0.2, -0.15) is 5.10 Å². The molecule has 0 saturated carbocycles. The third kappa shape index (κ3) is 2.90. The maximum atomic E-state index is 11.9. The van der Waals surface area contributed by atoms with E-state index in [-0.39, 0.29) is 12.0 Å². The lowest BCUT2D eigenvalue weighted by atomic mass is 9.93. The summed E-state index contributed by atoms with van der Waals surface area (Å²) in [5.41, 5.74) is 1.34. The Balaban J connectivity index is 1.86. The van der Waals surface area contributed by atoms with Crippen LogP contribution >= 0.6 is 0 Å². The number of aromatic nitrogens is 2. The average Bonchev–Trinajstić information content (AvgIpc) is 2.94. The van der Waals surface area contributed by atoms with Gasteiger partial charge in [-0.3, -0.25) is 9.89 Å². The summed E-state index contributed by atoms with van der Waals surface area (Å²) in [6.45, 7) is 7.64. The molecule has 0 spiro atoms. The normalized spacial score (nSPS) is 23.6. The van der Waals surface area contributed by atoms with Crippen LogP contribution in [0.1, 0.15) is 36.5 Å². The van der Waals surface area contributed by atoms with Gasteiger partial charge in [0.25, 0.3) is 5.91 Å². The number of rotatable bonds is 4.